The van der Waals surface area contributed by atoms with Crippen molar-refractivity contribution in [3.63, 3.8) is 0 Å². The van der Waals surface area contributed by atoms with E-state index in [1.54, 1.807) is 6.08 Å². The Balaban J connectivity index is 2.31. The standard InChI is InChI=1S/C50H95NO8/c1-3-5-7-9-11-13-15-17-19-21-22-24-26-28-30-32-34-36-38-40-46(54)51-43(42-58-50-49(57)48(56)47(55)45(41-52)59-50)44(53)39-37-35-33-31-29-27-25-23-20-18-16-14-12-10-8-6-4-2/h17,19,37,39,43-45,47-50,52-53,55-57H,3-16,18,20-36,38,40-42H2,1-2H3,(H,51,54)/b19-17-,39-37+. The predicted octanol–water partition coefficient (Wildman–Crippen LogP) is 11.1. The highest BCUT2D eigenvalue weighted by Gasteiger charge is 2.44. The van der Waals surface area contributed by atoms with Crippen LogP contribution in [0.25, 0.3) is 0 Å². The lowest BCUT2D eigenvalue weighted by atomic mass is 9.99. The van der Waals surface area contributed by atoms with E-state index in [-0.39, 0.29) is 12.5 Å². The highest BCUT2D eigenvalue weighted by molar-refractivity contribution is 5.76. The van der Waals surface area contributed by atoms with Gasteiger partial charge in [0.05, 0.1) is 25.4 Å². The van der Waals surface area contributed by atoms with Gasteiger partial charge in [-0.05, 0) is 44.9 Å². The topological polar surface area (TPSA) is 149 Å². The molecule has 0 spiro atoms. The second-order valence-corrected chi connectivity index (χ2v) is 17.6. The number of hydrogen-bond acceptors (Lipinski definition) is 8. The summed E-state index contributed by atoms with van der Waals surface area (Å²) in [7, 11) is 0. The van der Waals surface area contributed by atoms with Crippen molar-refractivity contribution in [3.05, 3.63) is 24.3 Å². The number of allylic oxidation sites excluding steroid dienone is 3. The Hall–Kier alpha value is -1.33. The van der Waals surface area contributed by atoms with Gasteiger partial charge in [0.1, 0.15) is 24.4 Å². The molecule has 9 heteroatoms. The number of aliphatic hydroxyl groups excluding tert-OH is 5. The Morgan fingerprint density at radius 3 is 1.37 bits per heavy atom. The number of hydrogen-bond donors (Lipinski definition) is 6. The van der Waals surface area contributed by atoms with Crippen LogP contribution >= 0.6 is 0 Å². The number of nitrogens with one attached hydrogen (secondary N) is 1. The summed E-state index contributed by atoms with van der Waals surface area (Å²) in [5, 5.41) is 54.3. The fourth-order valence-corrected chi connectivity index (χ4v) is 7.97. The Bertz CT molecular complexity index is 977. The smallest absolute Gasteiger partial charge is 0.220 e. The molecule has 59 heavy (non-hydrogen) atoms. The number of carbonyl (C=O) groups excluding carboxylic acids is 1. The van der Waals surface area contributed by atoms with Gasteiger partial charge in [-0.3, -0.25) is 4.79 Å². The number of ether oxygens (including phenoxy) is 2. The molecule has 0 aliphatic carbocycles. The van der Waals surface area contributed by atoms with E-state index in [1.807, 2.05) is 6.08 Å². The summed E-state index contributed by atoms with van der Waals surface area (Å²) in [6, 6.07) is -0.803. The molecule has 6 N–H and O–H groups in total. The molecular weight excluding hydrogens is 743 g/mol. The first-order valence-corrected chi connectivity index (χ1v) is 25.1. The summed E-state index contributed by atoms with van der Waals surface area (Å²) in [6.45, 7) is 3.78. The van der Waals surface area contributed by atoms with Gasteiger partial charge in [-0.1, -0.05) is 205 Å². The molecule has 7 unspecified atom stereocenters. The molecule has 0 saturated carbocycles. The van der Waals surface area contributed by atoms with Gasteiger partial charge in [-0.25, -0.2) is 0 Å². The number of rotatable bonds is 42. The summed E-state index contributed by atoms with van der Waals surface area (Å²) in [5.74, 6) is -0.178. The van der Waals surface area contributed by atoms with Gasteiger partial charge in [0.2, 0.25) is 5.91 Å². The minimum atomic E-state index is -1.56. The molecule has 0 aromatic heterocycles. The second kappa shape index (κ2) is 40.7. The Labute approximate surface area is 362 Å². The van der Waals surface area contributed by atoms with Crippen molar-refractivity contribution in [2.45, 2.75) is 275 Å². The summed E-state index contributed by atoms with van der Waals surface area (Å²) < 4.78 is 11.2. The van der Waals surface area contributed by atoms with Crippen LogP contribution < -0.4 is 5.32 Å². The summed E-state index contributed by atoms with van der Waals surface area (Å²) >= 11 is 0. The SMILES string of the molecule is CCCCCCCC/C=C\CCCCCCCCCCCC(=O)NC(COC1OC(CO)C(O)C(O)C1O)C(O)/C=C/CCCCCCCCCCCCCCCCC. The zero-order chi connectivity index (χ0) is 43.0. The quantitative estimate of drug-likeness (QED) is 0.0263. The fourth-order valence-electron chi connectivity index (χ4n) is 7.97. The van der Waals surface area contributed by atoms with Crippen molar-refractivity contribution >= 4 is 5.91 Å². The van der Waals surface area contributed by atoms with Crippen LogP contribution in [0.1, 0.15) is 232 Å². The Kier molecular flexibility index (Phi) is 38.4. The second-order valence-electron chi connectivity index (χ2n) is 17.6. The van der Waals surface area contributed by atoms with Gasteiger partial charge in [0.15, 0.2) is 6.29 Å². The average Bonchev–Trinajstić information content (AvgIpc) is 3.23. The zero-order valence-electron chi connectivity index (χ0n) is 38.3. The van der Waals surface area contributed by atoms with Crippen LogP contribution in [0.2, 0.25) is 0 Å². The lowest BCUT2D eigenvalue weighted by Crippen LogP contribution is -2.60. The zero-order valence-corrected chi connectivity index (χ0v) is 38.3. The number of carbonyl (C=O) groups is 1. The molecule has 0 radical (unpaired) electrons. The fraction of sp³-hybridized carbons (Fsp3) is 0.900. The molecule has 0 bridgehead atoms. The van der Waals surface area contributed by atoms with Gasteiger partial charge in [0.25, 0.3) is 0 Å². The van der Waals surface area contributed by atoms with Crippen molar-refractivity contribution in [1.82, 2.24) is 5.32 Å². The predicted molar refractivity (Wildman–Crippen MR) is 244 cm³/mol. The van der Waals surface area contributed by atoms with Crippen LogP contribution in [0, 0.1) is 0 Å². The minimum absolute atomic E-state index is 0.178. The van der Waals surface area contributed by atoms with Crippen LogP contribution in [-0.4, -0.2) is 87.5 Å². The summed E-state index contributed by atoms with van der Waals surface area (Å²) in [5.41, 5.74) is 0. The highest BCUT2D eigenvalue weighted by Crippen LogP contribution is 2.23. The van der Waals surface area contributed by atoms with Gasteiger partial charge >= 0.3 is 0 Å². The Morgan fingerprint density at radius 2 is 0.949 bits per heavy atom. The molecule has 9 nitrogen and oxygen atoms in total. The van der Waals surface area contributed by atoms with Gasteiger partial charge in [-0.15, -0.1) is 0 Å². The van der Waals surface area contributed by atoms with Crippen molar-refractivity contribution in [2.24, 2.45) is 0 Å². The first-order chi connectivity index (χ1) is 28.8. The van der Waals surface area contributed by atoms with Crippen LogP contribution in [0.15, 0.2) is 24.3 Å². The van der Waals surface area contributed by atoms with Gasteiger partial charge in [-0.2, -0.15) is 0 Å². The van der Waals surface area contributed by atoms with Crippen LogP contribution in [-0.2, 0) is 14.3 Å². The third-order valence-electron chi connectivity index (χ3n) is 12.0. The average molecular weight is 838 g/mol. The maximum atomic E-state index is 13.0. The van der Waals surface area contributed by atoms with E-state index < -0.39 is 49.5 Å². The third-order valence-corrected chi connectivity index (χ3v) is 12.0. The van der Waals surface area contributed by atoms with E-state index in [0.717, 1.165) is 38.5 Å². The van der Waals surface area contributed by atoms with Gasteiger partial charge < -0.3 is 40.3 Å². The molecule has 1 amide bonds. The molecule has 7 atom stereocenters. The molecule has 0 aromatic rings. The van der Waals surface area contributed by atoms with Crippen LogP contribution in [0.3, 0.4) is 0 Å². The molecule has 1 aliphatic heterocycles. The molecule has 1 aliphatic rings. The van der Waals surface area contributed by atoms with E-state index in [4.69, 9.17) is 9.47 Å². The molecule has 1 rings (SSSR count). The van der Waals surface area contributed by atoms with Crippen molar-refractivity contribution in [3.8, 4) is 0 Å². The van der Waals surface area contributed by atoms with Crippen molar-refractivity contribution in [1.29, 1.82) is 0 Å². The molecule has 348 valence electrons. The summed E-state index contributed by atoms with van der Waals surface area (Å²) in [6.07, 6.45) is 42.2. The van der Waals surface area contributed by atoms with Crippen LogP contribution in [0.4, 0.5) is 0 Å². The van der Waals surface area contributed by atoms with Crippen molar-refractivity contribution < 1.29 is 39.8 Å². The van der Waals surface area contributed by atoms with E-state index in [1.165, 1.54) is 173 Å². The molecule has 1 fully saturated rings. The van der Waals surface area contributed by atoms with E-state index in [0.29, 0.717) is 6.42 Å². The van der Waals surface area contributed by atoms with Gasteiger partial charge in [0, 0.05) is 6.42 Å². The normalized spacial score (nSPS) is 20.8. The Morgan fingerprint density at radius 1 is 0.559 bits per heavy atom. The molecule has 0 aromatic carbocycles. The molecule has 1 heterocycles. The number of aliphatic hydroxyl groups is 5. The first kappa shape index (κ1) is 55.7. The lowest BCUT2D eigenvalue weighted by Gasteiger charge is -2.40. The van der Waals surface area contributed by atoms with Crippen molar-refractivity contribution in [2.75, 3.05) is 13.2 Å². The molecule has 1 saturated heterocycles. The van der Waals surface area contributed by atoms with E-state index in [9.17, 15) is 30.3 Å². The number of amides is 1. The third kappa shape index (κ3) is 31.2. The minimum Gasteiger partial charge on any atom is -0.394 e. The largest absolute Gasteiger partial charge is 0.394 e. The first-order valence-electron chi connectivity index (χ1n) is 25.1. The maximum Gasteiger partial charge on any atom is 0.220 e. The summed E-state index contributed by atoms with van der Waals surface area (Å²) in [4.78, 5) is 13.0. The molecular formula is C50H95NO8. The van der Waals surface area contributed by atoms with E-state index in [2.05, 4.69) is 31.3 Å². The maximum absolute atomic E-state index is 13.0. The monoisotopic (exact) mass is 838 g/mol. The number of unbranched alkanes of at least 4 members (excludes halogenated alkanes) is 30. The lowest BCUT2D eigenvalue weighted by molar-refractivity contribution is -0.302. The van der Waals surface area contributed by atoms with Crippen LogP contribution in [0.5, 0.6) is 0 Å². The highest BCUT2D eigenvalue weighted by atomic mass is 16.7. The van der Waals surface area contributed by atoms with E-state index >= 15 is 0 Å².